The number of carboxylic acids is 1. The SMILES string of the molecule is CCC[CH2][Sn]([CH2]CCC)[CH2]CCC.O=C(O)C=C1CCCCC1. The summed E-state index contributed by atoms with van der Waals surface area (Å²) in [4.78, 5) is 10.2. The molecule has 0 aromatic rings. The van der Waals surface area contributed by atoms with Crippen LogP contribution in [0.25, 0.3) is 0 Å². The maximum Gasteiger partial charge on any atom is 0.328 e. The van der Waals surface area contributed by atoms with Crippen LogP contribution in [-0.4, -0.2) is 30.8 Å². The van der Waals surface area contributed by atoms with E-state index in [0.717, 1.165) is 18.4 Å². The molecule has 1 saturated carbocycles. The third-order valence-electron chi connectivity index (χ3n) is 4.48. The standard InChI is InChI=1S/C8H12O2.3C4H9.Sn/c9-8(10)6-7-4-2-1-3-5-7;3*1-3-4-2;/h6H,1-5H2,(H,9,10);3*1,3-4H2,2H3;. The summed E-state index contributed by atoms with van der Waals surface area (Å²) in [5.74, 6) is -0.795. The number of allylic oxidation sites excluding steroid dienone is 1. The molecule has 135 valence electrons. The van der Waals surface area contributed by atoms with Crippen molar-refractivity contribution in [3.63, 3.8) is 0 Å². The predicted octanol–water partition coefficient (Wildman–Crippen LogP) is 6.84. The van der Waals surface area contributed by atoms with E-state index in [-0.39, 0.29) is 0 Å². The van der Waals surface area contributed by atoms with Crippen molar-refractivity contribution in [3.8, 4) is 0 Å². The number of hydrogen-bond acceptors (Lipinski definition) is 1. The van der Waals surface area contributed by atoms with Crippen molar-refractivity contribution >= 4 is 25.7 Å². The Labute approximate surface area is 151 Å². The fraction of sp³-hybridized carbons (Fsp3) is 0.850. The Morgan fingerprint density at radius 2 is 1.35 bits per heavy atom. The molecule has 1 aliphatic carbocycles. The van der Waals surface area contributed by atoms with Gasteiger partial charge in [-0.25, -0.2) is 4.79 Å². The van der Waals surface area contributed by atoms with E-state index in [1.807, 2.05) is 0 Å². The second-order valence-electron chi connectivity index (χ2n) is 6.76. The van der Waals surface area contributed by atoms with Gasteiger partial charge >= 0.3 is 98.3 Å². The Kier molecular flexibility index (Phi) is 16.9. The van der Waals surface area contributed by atoms with Crippen LogP contribution in [0.3, 0.4) is 0 Å². The van der Waals surface area contributed by atoms with E-state index >= 15 is 0 Å². The Morgan fingerprint density at radius 3 is 1.70 bits per heavy atom. The van der Waals surface area contributed by atoms with Crippen molar-refractivity contribution in [2.75, 3.05) is 0 Å². The fourth-order valence-electron chi connectivity index (χ4n) is 2.98. The van der Waals surface area contributed by atoms with Gasteiger partial charge in [-0.15, -0.1) is 0 Å². The van der Waals surface area contributed by atoms with Gasteiger partial charge in [0.05, 0.1) is 0 Å². The Hall–Kier alpha value is 0.00870. The first kappa shape index (κ1) is 23.0. The molecule has 0 unspecified atom stereocenters. The second-order valence-corrected chi connectivity index (χ2v) is 15.3. The van der Waals surface area contributed by atoms with Gasteiger partial charge in [-0.1, -0.05) is 12.0 Å². The topological polar surface area (TPSA) is 37.3 Å². The number of carboxylic acid groups (broad SMARTS) is 1. The molecule has 0 spiro atoms. The minimum absolute atomic E-state index is 0.795. The van der Waals surface area contributed by atoms with E-state index < -0.39 is 25.7 Å². The molecule has 0 amide bonds. The second kappa shape index (κ2) is 16.9. The van der Waals surface area contributed by atoms with Crippen LogP contribution >= 0.6 is 0 Å². The van der Waals surface area contributed by atoms with Crippen LogP contribution in [0.4, 0.5) is 0 Å². The first-order valence-corrected chi connectivity index (χ1v) is 15.9. The average molecular weight is 430 g/mol. The molecule has 0 atom stereocenters. The molecule has 1 rings (SSSR count). The monoisotopic (exact) mass is 431 g/mol. The van der Waals surface area contributed by atoms with Gasteiger partial charge < -0.3 is 5.11 Å². The van der Waals surface area contributed by atoms with Gasteiger partial charge in [0.15, 0.2) is 0 Å². The molecule has 1 aliphatic rings. The number of aliphatic carboxylic acids is 1. The number of carbonyl (C=O) groups is 1. The Bertz CT molecular complexity index is 286. The van der Waals surface area contributed by atoms with Gasteiger partial charge in [0.2, 0.25) is 0 Å². The quantitative estimate of drug-likeness (QED) is 0.304. The van der Waals surface area contributed by atoms with Crippen molar-refractivity contribution in [1.29, 1.82) is 0 Å². The summed E-state index contributed by atoms with van der Waals surface area (Å²) in [6.45, 7) is 7.00. The first-order valence-electron chi connectivity index (χ1n) is 9.89. The zero-order valence-electron chi connectivity index (χ0n) is 15.8. The van der Waals surface area contributed by atoms with Crippen LogP contribution in [0.5, 0.6) is 0 Å². The zero-order valence-corrected chi connectivity index (χ0v) is 18.7. The summed E-state index contributed by atoms with van der Waals surface area (Å²) in [5, 5.41) is 8.39. The molecule has 2 nitrogen and oxygen atoms in total. The van der Waals surface area contributed by atoms with Crippen molar-refractivity contribution in [1.82, 2.24) is 0 Å². The minimum atomic E-state index is -0.839. The van der Waals surface area contributed by atoms with E-state index in [0.29, 0.717) is 0 Å². The van der Waals surface area contributed by atoms with Gasteiger partial charge in [0.25, 0.3) is 0 Å². The molecule has 0 aromatic carbocycles. The molecule has 1 N–H and O–H groups in total. The van der Waals surface area contributed by atoms with Crippen molar-refractivity contribution in [2.45, 2.75) is 105 Å². The summed E-state index contributed by atoms with van der Waals surface area (Å²) in [7, 11) is 0. The van der Waals surface area contributed by atoms with Gasteiger partial charge in [-0.3, -0.25) is 0 Å². The van der Waals surface area contributed by atoms with E-state index in [2.05, 4.69) is 20.8 Å². The molecule has 0 bridgehead atoms. The summed E-state index contributed by atoms with van der Waals surface area (Å²) >= 11 is -0.839. The molecule has 0 saturated heterocycles. The molecular formula is C20H39O2Sn. The molecule has 23 heavy (non-hydrogen) atoms. The van der Waals surface area contributed by atoms with E-state index in [1.54, 1.807) is 13.3 Å². The molecule has 1 radical (unpaired) electrons. The third kappa shape index (κ3) is 15.3. The summed E-state index contributed by atoms with van der Waals surface area (Å²) in [5.41, 5.74) is 1.11. The molecule has 1 fully saturated rings. The van der Waals surface area contributed by atoms with Gasteiger partial charge in [0.1, 0.15) is 0 Å². The van der Waals surface area contributed by atoms with Crippen LogP contribution in [0.15, 0.2) is 11.6 Å². The average Bonchev–Trinajstić information content (AvgIpc) is 2.55. The molecular weight excluding hydrogens is 391 g/mol. The number of unbranched alkanes of at least 4 members (excludes halogenated alkanes) is 3. The van der Waals surface area contributed by atoms with E-state index in [9.17, 15) is 4.79 Å². The summed E-state index contributed by atoms with van der Waals surface area (Å²) < 4.78 is 5.04. The van der Waals surface area contributed by atoms with Gasteiger partial charge in [-0.05, 0) is 25.7 Å². The van der Waals surface area contributed by atoms with Crippen molar-refractivity contribution in [3.05, 3.63) is 11.6 Å². The smallest absolute Gasteiger partial charge is 0.328 e. The van der Waals surface area contributed by atoms with Crippen LogP contribution in [0, 0.1) is 0 Å². The number of hydrogen-bond donors (Lipinski definition) is 1. The molecule has 3 heteroatoms. The Morgan fingerprint density at radius 1 is 0.913 bits per heavy atom. The van der Waals surface area contributed by atoms with Gasteiger partial charge in [-0.2, -0.15) is 0 Å². The van der Waals surface area contributed by atoms with Gasteiger partial charge in [0, 0.05) is 6.08 Å². The van der Waals surface area contributed by atoms with Crippen LogP contribution in [-0.2, 0) is 4.79 Å². The largest absolute Gasteiger partial charge is 0.478 e. The van der Waals surface area contributed by atoms with E-state index in [4.69, 9.17) is 5.11 Å². The van der Waals surface area contributed by atoms with Crippen LogP contribution in [0.1, 0.15) is 91.4 Å². The predicted molar refractivity (Wildman–Crippen MR) is 104 cm³/mol. The van der Waals surface area contributed by atoms with Crippen molar-refractivity contribution in [2.24, 2.45) is 0 Å². The third-order valence-corrected chi connectivity index (χ3v) is 13.6. The normalized spacial score (nSPS) is 14.3. The van der Waals surface area contributed by atoms with Crippen molar-refractivity contribution < 1.29 is 9.90 Å². The molecule has 0 heterocycles. The van der Waals surface area contributed by atoms with E-state index in [1.165, 1.54) is 63.9 Å². The Balaban J connectivity index is 0.000000433. The molecule has 0 aromatic heterocycles. The van der Waals surface area contributed by atoms with Crippen LogP contribution in [0.2, 0.25) is 13.3 Å². The maximum atomic E-state index is 10.2. The summed E-state index contributed by atoms with van der Waals surface area (Å²) in [6.07, 6.45) is 15.8. The first-order chi connectivity index (χ1) is 11.1. The molecule has 0 aliphatic heterocycles. The van der Waals surface area contributed by atoms with Crippen LogP contribution < -0.4 is 0 Å². The fourth-order valence-corrected chi connectivity index (χ4v) is 12.4. The zero-order chi connectivity index (χ0) is 17.3. The minimum Gasteiger partial charge on any atom is -0.478 e. The maximum absolute atomic E-state index is 10.2. The number of rotatable bonds is 10. The summed E-state index contributed by atoms with van der Waals surface area (Å²) in [6, 6.07) is 0.